The number of benzene rings is 1. The van der Waals surface area contributed by atoms with E-state index in [0.29, 0.717) is 24.3 Å². The Balaban J connectivity index is 1.76. The van der Waals surface area contributed by atoms with Crippen LogP contribution in [0.1, 0.15) is 25.7 Å². The second kappa shape index (κ2) is 8.91. The first-order chi connectivity index (χ1) is 12.0. The van der Waals surface area contributed by atoms with Crippen molar-refractivity contribution >= 4 is 17.8 Å². The molecule has 1 aliphatic carbocycles. The fourth-order valence-corrected chi connectivity index (χ4v) is 2.82. The molecule has 1 fully saturated rings. The lowest BCUT2D eigenvalue weighted by molar-refractivity contribution is -0.149. The number of carboxylic acid groups (broad SMARTS) is 1. The average Bonchev–Trinajstić information content (AvgIpc) is 2.64. The van der Waals surface area contributed by atoms with Crippen molar-refractivity contribution in [1.82, 2.24) is 10.9 Å². The van der Waals surface area contributed by atoms with E-state index in [-0.39, 0.29) is 6.61 Å². The van der Waals surface area contributed by atoms with E-state index >= 15 is 0 Å². The third kappa shape index (κ3) is 5.37. The van der Waals surface area contributed by atoms with Crippen molar-refractivity contribution in [3.63, 3.8) is 0 Å². The topological polar surface area (TPSA) is 114 Å². The predicted octanol–water partition coefficient (Wildman–Crippen LogP) is 1.11. The summed E-state index contributed by atoms with van der Waals surface area (Å²) >= 11 is 0. The summed E-state index contributed by atoms with van der Waals surface area (Å²) in [5.41, 5.74) is 4.54. The SMILES string of the molecule is COc1ccc(OCC(=O)NNC(=O)[C@H]2CCCC[C@H]2C(=O)O)cc1. The Labute approximate surface area is 145 Å². The Morgan fingerprint density at radius 1 is 1.04 bits per heavy atom. The molecule has 136 valence electrons. The van der Waals surface area contributed by atoms with Crippen molar-refractivity contribution in [2.45, 2.75) is 25.7 Å². The number of aliphatic carboxylic acids is 1. The van der Waals surface area contributed by atoms with Gasteiger partial charge < -0.3 is 14.6 Å². The van der Waals surface area contributed by atoms with Crippen LogP contribution >= 0.6 is 0 Å². The summed E-state index contributed by atoms with van der Waals surface area (Å²) in [5.74, 6) is -2.17. The van der Waals surface area contributed by atoms with Gasteiger partial charge in [0, 0.05) is 0 Å². The molecule has 1 aromatic carbocycles. The molecule has 2 rings (SSSR count). The van der Waals surface area contributed by atoms with Crippen LogP contribution in [-0.2, 0) is 14.4 Å². The number of ether oxygens (including phenoxy) is 2. The van der Waals surface area contributed by atoms with E-state index in [1.807, 2.05) is 0 Å². The normalized spacial score (nSPS) is 19.6. The van der Waals surface area contributed by atoms with E-state index in [1.165, 1.54) is 0 Å². The van der Waals surface area contributed by atoms with Crippen LogP contribution in [0.15, 0.2) is 24.3 Å². The summed E-state index contributed by atoms with van der Waals surface area (Å²) in [6.45, 7) is -0.278. The molecule has 0 aromatic heterocycles. The van der Waals surface area contributed by atoms with E-state index < -0.39 is 29.6 Å². The number of hydrazine groups is 1. The van der Waals surface area contributed by atoms with E-state index in [0.717, 1.165) is 12.8 Å². The second-order valence-electron chi connectivity index (χ2n) is 5.84. The number of methoxy groups -OCH3 is 1. The smallest absolute Gasteiger partial charge is 0.307 e. The van der Waals surface area contributed by atoms with Crippen LogP contribution in [-0.4, -0.2) is 36.6 Å². The summed E-state index contributed by atoms with van der Waals surface area (Å²) in [6.07, 6.45) is 2.57. The molecular formula is C17H22N2O6. The Bertz CT molecular complexity index is 616. The highest BCUT2D eigenvalue weighted by molar-refractivity contribution is 5.87. The van der Waals surface area contributed by atoms with Gasteiger partial charge in [-0.2, -0.15) is 0 Å². The Morgan fingerprint density at radius 2 is 1.64 bits per heavy atom. The van der Waals surface area contributed by atoms with Gasteiger partial charge in [0.05, 0.1) is 18.9 Å². The monoisotopic (exact) mass is 350 g/mol. The van der Waals surface area contributed by atoms with Crippen LogP contribution in [0.25, 0.3) is 0 Å². The first kappa shape index (κ1) is 18.6. The summed E-state index contributed by atoms with van der Waals surface area (Å²) in [7, 11) is 1.55. The summed E-state index contributed by atoms with van der Waals surface area (Å²) in [4.78, 5) is 35.1. The Hall–Kier alpha value is -2.77. The minimum Gasteiger partial charge on any atom is -0.497 e. The zero-order valence-corrected chi connectivity index (χ0v) is 14.0. The van der Waals surface area contributed by atoms with Gasteiger partial charge in [0.25, 0.3) is 5.91 Å². The molecule has 2 amide bonds. The number of amides is 2. The molecule has 0 heterocycles. The highest BCUT2D eigenvalue weighted by Crippen LogP contribution is 2.30. The van der Waals surface area contributed by atoms with Crippen molar-refractivity contribution in [2.24, 2.45) is 11.8 Å². The van der Waals surface area contributed by atoms with Crippen molar-refractivity contribution in [1.29, 1.82) is 0 Å². The molecule has 1 aliphatic rings. The van der Waals surface area contributed by atoms with Gasteiger partial charge in [-0.1, -0.05) is 12.8 Å². The van der Waals surface area contributed by atoms with Gasteiger partial charge in [-0.15, -0.1) is 0 Å². The van der Waals surface area contributed by atoms with Crippen molar-refractivity contribution < 1.29 is 29.0 Å². The summed E-state index contributed by atoms with van der Waals surface area (Å²) in [5, 5.41) is 9.19. The van der Waals surface area contributed by atoms with Gasteiger partial charge in [0.1, 0.15) is 11.5 Å². The molecule has 0 aliphatic heterocycles. The first-order valence-electron chi connectivity index (χ1n) is 8.09. The minimum atomic E-state index is -0.978. The van der Waals surface area contributed by atoms with Gasteiger partial charge in [-0.3, -0.25) is 25.2 Å². The quantitative estimate of drug-likeness (QED) is 0.662. The third-order valence-corrected chi connectivity index (χ3v) is 4.17. The van der Waals surface area contributed by atoms with Gasteiger partial charge in [0.15, 0.2) is 6.61 Å². The van der Waals surface area contributed by atoms with Crippen LogP contribution < -0.4 is 20.3 Å². The molecule has 8 nitrogen and oxygen atoms in total. The number of rotatable bonds is 6. The summed E-state index contributed by atoms with van der Waals surface area (Å²) < 4.78 is 10.3. The third-order valence-electron chi connectivity index (χ3n) is 4.17. The van der Waals surface area contributed by atoms with Crippen LogP contribution in [0.4, 0.5) is 0 Å². The maximum absolute atomic E-state index is 12.1. The fraction of sp³-hybridized carbons (Fsp3) is 0.471. The van der Waals surface area contributed by atoms with E-state index in [2.05, 4.69) is 10.9 Å². The average molecular weight is 350 g/mol. The predicted molar refractivity (Wildman–Crippen MR) is 87.9 cm³/mol. The number of carboxylic acids is 1. The molecule has 25 heavy (non-hydrogen) atoms. The van der Waals surface area contributed by atoms with Gasteiger partial charge in [0.2, 0.25) is 5.91 Å². The van der Waals surface area contributed by atoms with E-state index in [4.69, 9.17) is 9.47 Å². The molecule has 0 spiro atoms. The molecule has 0 unspecified atom stereocenters. The van der Waals surface area contributed by atoms with Gasteiger partial charge >= 0.3 is 5.97 Å². The Kier molecular flexibility index (Phi) is 6.62. The van der Waals surface area contributed by atoms with Crippen molar-refractivity contribution in [2.75, 3.05) is 13.7 Å². The molecule has 0 bridgehead atoms. The van der Waals surface area contributed by atoms with Crippen LogP contribution in [0, 0.1) is 11.8 Å². The zero-order valence-electron chi connectivity index (χ0n) is 14.0. The van der Waals surface area contributed by atoms with Gasteiger partial charge in [-0.05, 0) is 37.1 Å². The molecular weight excluding hydrogens is 328 g/mol. The molecule has 3 N–H and O–H groups in total. The molecule has 2 atom stereocenters. The lowest BCUT2D eigenvalue weighted by atomic mass is 9.79. The van der Waals surface area contributed by atoms with Crippen LogP contribution in [0.5, 0.6) is 11.5 Å². The fourth-order valence-electron chi connectivity index (χ4n) is 2.82. The molecule has 0 saturated heterocycles. The largest absolute Gasteiger partial charge is 0.497 e. The number of carbonyl (C=O) groups excluding carboxylic acids is 2. The van der Waals surface area contributed by atoms with Crippen LogP contribution in [0.3, 0.4) is 0 Å². The number of hydrogen-bond donors (Lipinski definition) is 3. The second-order valence-corrected chi connectivity index (χ2v) is 5.84. The van der Waals surface area contributed by atoms with Gasteiger partial charge in [-0.25, -0.2) is 0 Å². The zero-order chi connectivity index (χ0) is 18.2. The maximum Gasteiger partial charge on any atom is 0.307 e. The highest BCUT2D eigenvalue weighted by atomic mass is 16.5. The number of carbonyl (C=O) groups is 3. The highest BCUT2D eigenvalue weighted by Gasteiger charge is 2.35. The van der Waals surface area contributed by atoms with Crippen molar-refractivity contribution in [3.8, 4) is 11.5 Å². The number of hydrogen-bond acceptors (Lipinski definition) is 5. The Morgan fingerprint density at radius 3 is 2.24 bits per heavy atom. The van der Waals surface area contributed by atoms with E-state index in [1.54, 1.807) is 31.4 Å². The van der Waals surface area contributed by atoms with E-state index in [9.17, 15) is 19.5 Å². The summed E-state index contributed by atoms with van der Waals surface area (Å²) in [6, 6.07) is 6.71. The standard InChI is InChI=1S/C17H22N2O6/c1-24-11-6-8-12(9-7-11)25-10-15(20)18-19-16(21)13-4-2-3-5-14(13)17(22)23/h6-9,13-14H,2-5,10H2,1H3,(H,18,20)(H,19,21)(H,22,23)/t13-,14+/m0/s1. The molecule has 0 radical (unpaired) electrons. The first-order valence-corrected chi connectivity index (χ1v) is 8.09. The van der Waals surface area contributed by atoms with Crippen molar-refractivity contribution in [3.05, 3.63) is 24.3 Å². The lowest BCUT2D eigenvalue weighted by Gasteiger charge is -2.27. The lowest BCUT2D eigenvalue weighted by Crippen LogP contribution is -2.49. The minimum absolute atomic E-state index is 0.278. The number of nitrogens with one attached hydrogen (secondary N) is 2. The molecule has 8 heteroatoms. The maximum atomic E-state index is 12.1. The molecule has 1 saturated carbocycles. The molecule has 1 aromatic rings. The van der Waals surface area contributed by atoms with Crippen LogP contribution in [0.2, 0.25) is 0 Å².